The third kappa shape index (κ3) is 0.406. The molecule has 4 aliphatic rings. The van der Waals surface area contributed by atoms with E-state index in [4.69, 9.17) is 0 Å². The molecule has 4 aliphatic carbocycles. The van der Waals surface area contributed by atoms with Gasteiger partial charge in [0.15, 0.2) is 0 Å². The molecule has 0 aliphatic heterocycles. The summed E-state index contributed by atoms with van der Waals surface area (Å²) < 4.78 is 0. The zero-order valence-corrected chi connectivity index (χ0v) is 9.67. The molecule has 0 aromatic rings. The second-order valence-corrected chi connectivity index (χ2v) is 7.03. The van der Waals surface area contributed by atoms with Gasteiger partial charge in [-0.3, -0.25) is 0 Å². The molecule has 0 spiro atoms. The average molecular weight is 188 g/mol. The standard InChI is InChI=1S/C14H20/c1-12(2)13(3)10-8-5-6-9(7-8)11(10)14(12,13)4/h5-6,8-11H,7H2,1-4H3/t8-,9+,10+,11-,13+,14-. The lowest BCUT2D eigenvalue weighted by Gasteiger charge is -2.49. The van der Waals surface area contributed by atoms with E-state index in [9.17, 15) is 0 Å². The topological polar surface area (TPSA) is 0 Å². The number of hydrogen-bond donors (Lipinski definition) is 0. The molecule has 3 saturated carbocycles. The van der Waals surface area contributed by atoms with Gasteiger partial charge in [-0.1, -0.05) is 39.8 Å². The fraction of sp³-hybridized carbons (Fsp3) is 0.857. The first-order valence-electron chi connectivity index (χ1n) is 6.14. The van der Waals surface area contributed by atoms with Gasteiger partial charge in [0.05, 0.1) is 0 Å². The highest BCUT2D eigenvalue weighted by molar-refractivity contribution is 5.42. The maximum Gasteiger partial charge on any atom is -0.0170 e. The molecule has 76 valence electrons. The van der Waals surface area contributed by atoms with Gasteiger partial charge in [0.2, 0.25) is 0 Å². The Hall–Kier alpha value is -0.260. The van der Waals surface area contributed by atoms with Gasteiger partial charge < -0.3 is 0 Å². The van der Waals surface area contributed by atoms with Crippen LogP contribution < -0.4 is 0 Å². The van der Waals surface area contributed by atoms with Gasteiger partial charge >= 0.3 is 0 Å². The van der Waals surface area contributed by atoms with Gasteiger partial charge in [0.1, 0.15) is 0 Å². The van der Waals surface area contributed by atoms with Crippen LogP contribution >= 0.6 is 0 Å². The van der Waals surface area contributed by atoms with Gasteiger partial charge in [-0.05, 0) is 46.3 Å². The highest BCUT2D eigenvalue weighted by Gasteiger charge is 2.92. The zero-order valence-electron chi connectivity index (χ0n) is 9.67. The summed E-state index contributed by atoms with van der Waals surface area (Å²) in [5.74, 6) is 3.98. The van der Waals surface area contributed by atoms with Crippen LogP contribution in [-0.4, -0.2) is 0 Å². The number of hydrogen-bond acceptors (Lipinski definition) is 0. The summed E-state index contributed by atoms with van der Waals surface area (Å²) >= 11 is 0. The van der Waals surface area contributed by atoms with E-state index in [0.29, 0.717) is 16.2 Å². The average Bonchev–Trinajstić information content (AvgIpc) is 2.66. The monoisotopic (exact) mass is 188 g/mol. The molecule has 0 saturated heterocycles. The van der Waals surface area contributed by atoms with Gasteiger partial charge in [-0.15, -0.1) is 0 Å². The molecule has 0 unspecified atom stereocenters. The maximum atomic E-state index is 2.56. The normalized spacial score (nSPS) is 70.0. The van der Waals surface area contributed by atoms with E-state index in [1.54, 1.807) is 0 Å². The van der Waals surface area contributed by atoms with Crippen molar-refractivity contribution in [3.63, 3.8) is 0 Å². The van der Waals surface area contributed by atoms with Crippen molar-refractivity contribution in [2.75, 3.05) is 0 Å². The highest BCUT2D eigenvalue weighted by atomic mass is 15.0. The van der Waals surface area contributed by atoms with E-state index >= 15 is 0 Å². The quantitative estimate of drug-likeness (QED) is 0.510. The molecule has 0 amide bonds. The first-order chi connectivity index (χ1) is 6.46. The third-order valence-corrected chi connectivity index (χ3v) is 7.41. The van der Waals surface area contributed by atoms with Crippen LogP contribution in [0.15, 0.2) is 12.2 Å². The molecule has 4 rings (SSSR count). The predicted octanol–water partition coefficient (Wildman–Crippen LogP) is 3.49. The number of allylic oxidation sites excluding steroid dienone is 2. The Morgan fingerprint density at radius 3 is 1.71 bits per heavy atom. The summed E-state index contributed by atoms with van der Waals surface area (Å²) in [6.45, 7) is 10.1. The molecule has 0 heteroatoms. The van der Waals surface area contributed by atoms with E-state index in [1.807, 2.05) is 0 Å². The number of fused-ring (bicyclic) bond motifs is 8. The Morgan fingerprint density at radius 1 is 0.857 bits per heavy atom. The molecule has 3 fully saturated rings. The van der Waals surface area contributed by atoms with Gasteiger partial charge in [0.25, 0.3) is 0 Å². The van der Waals surface area contributed by atoms with Crippen molar-refractivity contribution in [2.45, 2.75) is 34.1 Å². The van der Waals surface area contributed by atoms with E-state index in [-0.39, 0.29) is 0 Å². The van der Waals surface area contributed by atoms with Crippen molar-refractivity contribution in [2.24, 2.45) is 39.9 Å². The fourth-order valence-corrected chi connectivity index (χ4v) is 6.25. The van der Waals surface area contributed by atoms with Crippen LogP contribution in [-0.2, 0) is 0 Å². The Bertz CT molecular complexity index is 332. The Kier molecular flexibility index (Phi) is 0.931. The molecule has 0 aromatic carbocycles. The van der Waals surface area contributed by atoms with Gasteiger partial charge in [-0.2, -0.15) is 0 Å². The van der Waals surface area contributed by atoms with Crippen molar-refractivity contribution in [3.8, 4) is 0 Å². The van der Waals surface area contributed by atoms with Gasteiger partial charge in [0, 0.05) is 0 Å². The summed E-state index contributed by atoms with van der Waals surface area (Å²) in [5.41, 5.74) is 1.96. The van der Waals surface area contributed by atoms with Crippen LogP contribution in [0.4, 0.5) is 0 Å². The summed E-state index contributed by atoms with van der Waals surface area (Å²) in [7, 11) is 0. The first-order valence-corrected chi connectivity index (χ1v) is 6.14. The van der Waals surface area contributed by atoms with Gasteiger partial charge in [-0.25, -0.2) is 0 Å². The van der Waals surface area contributed by atoms with Crippen LogP contribution in [0.5, 0.6) is 0 Å². The van der Waals surface area contributed by atoms with E-state index in [2.05, 4.69) is 39.8 Å². The van der Waals surface area contributed by atoms with Crippen molar-refractivity contribution in [3.05, 3.63) is 12.2 Å². The molecule has 0 aromatic heterocycles. The molecular formula is C14H20. The summed E-state index contributed by atoms with van der Waals surface area (Å²) in [5, 5.41) is 0. The van der Waals surface area contributed by atoms with Crippen molar-refractivity contribution >= 4 is 0 Å². The Balaban J connectivity index is 1.87. The molecule has 0 N–H and O–H groups in total. The minimum absolute atomic E-state index is 0.609. The van der Waals surface area contributed by atoms with Crippen molar-refractivity contribution in [1.29, 1.82) is 0 Å². The lowest BCUT2D eigenvalue weighted by atomic mass is 9.54. The lowest BCUT2D eigenvalue weighted by molar-refractivity contribution is -0.00545. The Morgan fingerprint density at radius 2 is 1.29 bits per heavy atom. The second-order valence-electron chi connectivity index (χ2n) is 7.03. The molecule has 14 heavy (non-hydrogen) atoms. The van der Waals surface area contributed by atoms with Crippen LogP contribution in [0.25, 0.3) is 0 Å². The first kappa shape index (κ1) is 7.96. The third-order valence-electron chi connectivity index (χ3n) is 7.41. The molecule has 2 bridgehead atoms. The molecule has 0 heterocycles. The molecule has 6 atom stereocenters. The SMILES string of the molecule is CC1(C)[C@]2(C)[C@@H]3[C@@H]([C@H]4C=C[C@@H]3C4)[C@]12C. The minimum atomic E-state index is 0.609. The minimum Gasteiger partial charge on any atom is -0.0848 e. The molecule has 0 nitrogen and oxygen atoms in total. The van der Waals surface area contributed by atoms with Crippen LogP contribution in [0, 0.1) is 39.9 Å². The summed E-state index contributed by atoms with van der Waals surface area (Å²) in [6.07, 6.45) is 6.52. The molecule has 0 radical (unpaired) electrons. The second kappa shape index (κ2) is 1.64. The van der Waals surface area contributed by atoms with E-state index in [0.717, 1.165) is 23.7 Å². The van der Waals surface area contributed by atoms with Crippen LogP contribution in [0.3, 0.4) is 0 Å². The lowest BCUT2D eigenvalue weighted by Crippen LogP contribution is -2.45. The maximum absolute atomic E-state index is 2.56. The summed E-state index contributed by atoms with van der Waals surface area (Å²) in [6, 6.07) is 0. The predicted molar refractivity (Wildman–Crippen MR) is 57.7 cm³/mol. The zero-order chi connectivity index (χ0) is 9.93. The van der Waals surface area contributed by atoms with Crippen LogP contribution in [0.2, 0.25) is 0 Å². The highest BCUT2D eigenvalue weighted by Crippen LogP contribution is 2.97. The number of rotatable bonds is 0. The summed E-state index contributed by atoms with van der Waals surface area (Å²) in [4.78, 5) is 0. The van der Waals surface area contributed by atoms with Crippen molar-refractivity contribution < 1.29 is 0 Å². The van der Waals surface area contributed by atoms with E-state index < -0.39 is 0 Å². The van der Waals surface area contributed by atoms with Crippen LogP contribution in [0.1, 0.15) is 34.1 Å². The van der Waals surface area contributed by atoms with Crippen molar-refractivity contribution in [1.82, 2.24) is 0 Å². The largest absolute Gasteiger partial charge is 0.0848 e. The smallest absolute Gasteiger partial charge is 0.0170 e. The Labute approximate surface area is 86.8 Å². The molecular weight excluding hydrogens is 168 g/mol. The fourth-order valence-electron chi connectivity index (χ4n) is 6.25. The van der Waals surface area contributed by atoms with E-state index in [1.165, 1.54) is 6.42 Å².